The number of hydrogen-bond acceptors (Lipinski definition) is 4. The molecule has 25 heavy (non-hydrogen) atoms. The van der Waals surface area contributed by atoms with Gasteiger partial charge in [-0.05, 0) is 62.2 Å². The molecule has 5 heteroatoms. The van der Waals surface area contributed by atoms with Crippen LogP contribution in [0.5, 0.6) is 5.75 Å². The minimum absolute atomic E-state index is 0.172. The molecule has 0 saturated carbocycles. The third kappa shape index (κ3) is 3.45. The molecular formula is C20H21N3O2. The molecule has 0 radical (unpaired) electrons. The standard InChI is InChI=1S/C20H21N3O2/c1-5-14-10-16(7-9-19(14)25-4)23-20(24)15-6-8-17-18(11-15)22-13(3)12(2)21-17/h6-11H,5H2,1-4H3,(H,23,24). The molecule has 0 aliphatic rings. The van der Waals surface area contributed by atoms with Gasteiger partial charge in [0.2, 0.25) is 0 Å². The normalized spacial score (nSPS) is 10.7. The first-order chi connectivity index (χ1) is 12.0. The van der Waals surface area contributed by atoms with Crippen molar-refractivity contribution in [2.75, 3.05) is 12.4 Å². The molecule has 1 N–H and O–H groups in total. The van der Waals surface area contributed by atoms with E-state index in [2.05, 4.69) is 22.2 Å². The van der Waals surface area contributed by atoms with Gasteiger partial charge in [-0.15, -0.1) is 0 Å². The van der Waals surface area contributed by atoms with E-state index in [1.54, 1.807) is 19.2 Å². The second kappa shape index (κ2) is 6.89. The predicted molar refractivity (Wildman–Crippen MR) is 99.3 cm³/mol. The third-order valence-electron chi connectivity index (χ3n) is 4.26. The molecular weight excluding hydrogens is 314 g/mol. The monoisotopic (exact) mass is 335 g/mol. The van der Waals surface area contributed by atoms with Crippen LogP contribution in [0.1, 0.15) is 34.2 Å². The molecule has 1 heterocycles. The lowest BCUT2D eigenvalue weighted by molar-refractivity contribution is 0.102. The highest BCUT2D eigenvalue weighted by molar-refractivity contribution is 6.06. The zero-order chi connectivity index (χ0) is 18.0. The SMILES string of the molecule is CCc1cc(NC(=O)c2ccc3nc(C)c(C)nc3c2)ccc1OC. The smallest absolute Gasteiger partial charge is 0.255 e. The van der Waals surface area contributed by atoms with Gasteiger partial charge in [-0.25, -0.2) is 9.97 Å². The molecule has 0 atom stereocenters. The molecule has 0 bridgehead atoms. The zero-order valence-corrected chi connectivity index (χ0v) is 14.9. The number of nitrogens with zero attached hydrogens (tertiary/aromatic N) is 2. The van der Waals surface area contributed by atoms with E-state index in [4.69, 9.17) is 4.74 Å². The molecule has 2 aromatic carbocycles. The van der Waals surface area contributed by atoms with Gasteiger partial charge in [-0.3, -0.25) is 4.79 Å². The average Bonchev–Trinajstić information content (AvgIpc) is 2.62. The van der Waals surface area contributed by atoms with Gasteiger partial charge < -0.3 is 10.1 Å². The van der Waals surface area contributed by atoms with Gasteiger partial charge in [0.15, 0.2) is 0 Å². The molecule has 0 aliphatic heterocycles. The highest BCUT2D eigenvalue weighted by Gasteiger charge is 2.10. The fraction of sp³-hybridized carbons (Fsp3) is 0.250. The molecule has 0 fully saturated rings. The Balaban J connectivity index is 1.88. The molecule has 3 rings (SSSR count). The lowest BCUT2D eigenvalue weighted by atomic mass is 10.1. The Morgan fingerprint density at radius 3 is 2.44 bits per heavy atom. The largest absolute Gasteiger partial charge is 0.496 e. The molecule has 0 aliphatic carbocycles. The Labute approximate surface area is 147 Å². The van der Waals surface area contributed by atoms with Gasteiger partial charge in [0.25, 0.3) is 5.91 Å². The van der Waals surface area contributed by atoms with Crippen LogP contribution < -0.4 is 10.1 Å². The summed E-state index contributed by atoms with van der Waals surface area (Å²) in [7, 11) is 1.65. The van der Waals surface area contributed by atoms with Crippen LogP contribution in [0.25, 0.3) is 11.0 Å². The number of methoxy groups -OCH3 is 1. The molecule has 1 aromatic heterocycles. The first kappa shape index (κ1) is 16.9. The predicted octanol–water partition coefficient (Wildman–Crippen LogP) is 4.07. The van der Waals surface area contributed by atoms with Gasteiger partial charge in [-0.1, -0.05) is 6.92 Å². The van der Waals surface area contributed by atoms with Gasteiger partial charge in [0.05, 0.1) is 29.5 Å². The van der Waals surface area contributed by atoms with Crippen LogP contribution in [0.2, 0.25) is 0 Å². The van der Waals surface area contributed by atoms with E-state index in [1.807, 2.05) is 38.1 Å². The molecule has 0 spiro atoms. The number of rotatable bonds is 4. The Hall–Kier alpha value is -2.95. The first-order valence-electron chi connectivity index (χ1n) is 8.25. The minimum atomic E-state index is -0.172. The Bertz CT molecular complexity index is 951. The Morgan fingerprint density at radius 2 is 1.76 bits per heavy atom. The number of anilines is 1. The van der Waals surface area contributed by atoms with Crippen molar-refractivity contribution in [3.63, 3.8) is 0 Å². The summed E-state index contributed by atoms with van der Waals surface area (Å²) in [5.74, 6) is 0.654. The number of carbonyl (C=O) groups is 1. The molecule has 3 aromatic rings. The summed E-state index contributed by atoms with van der Waals surface area (Å²) in [6.07, 6.45) is 0.830. The van der Waals surface area contributed by atoms with E-state index in [1.165, 1.54) is 0 Å². The number of aryl methyl sites for hydroxylation is 3. The van der Waals surface area contributed by atoms with Crippen LogP contribution in [0.3, 0.4) is 0 Å². The summed E-state index contributed by atoms with van der Waals surface area (Å²) in [4.78, 5) is 21.6. The molecule has 1 amide bonds. The highest BCUT2D eigenvalue weighted by atomic mass is 16.5. The Kier molecular flexibility index (Phi) is 4.65. The van der Waals surface area contributed by atoms with Crippen molar-refractivity contribution in [3.8, 4) is 5.75 Å². The zero-order valence-electron chi connectivity index (χ0n) is 14.9. The number of amides is 1. The number of fused-ring (bicyclic) bond motifs is 1. The van der Waals surface area contributed by atoms with Crippen molar-refractivity contribution in [3.05, 3.63) is 58.9 Å². The quantitative estimate of drug-likeness (QED) is 0.780. The number of benzene rings is 2. The number of hydrogen-bond donors (Lipinski definition) is 1. The van der Waals surface area contributed by atoms with Crippen molar-refractivity contribution in [2.24, 2.45) is 0 Å². The number of carbonyl (C=O) groups excluding carboxylic acids is 1. The second-order valence-corrected chi connectivity index (χ2v) is 5.93. The van der Waals surface area contributed by atoms with Gasteiger partial charge in [0, 0.05) is 11.3 Å². The van der Waals surface area contributed by atoms with E-state index in [0.717, 1.165) is 45.8 Å². The lowest BCUT2D eigenvalue weighted by Gasteiger charge is -2.11. The summed E-state index contributed by atoms with van der Waals surface area (Å²) >= 11 is 0. The van der Waals surface area contributed by atoms with Crippen LogP contribution in [0.4, 0.5) is 5.69 Å². The maximum atomic E-state index is 12.6. The van der Waals surface area contributed by atoms with Crippen LogP contribution in [-0.2, 0) is 6.42 Å². The lowest BCUT2D eigenvalue weighted by Crippen LogP contribution is -2.12. The van der Waals surface area contributed by atoms with Crippen LogP contribution in [-0.4, -0.2) is 23.0 Å². The van der Waals surface area contributed by atoms with E-state index >= 15 is 0 Å². The van der Waals surface area contributed by atoms with Crippen molar-refractivity contribution >= 4 is 22.6 Å². The van der Waals surface area contributed by atoms with Crippen molar-refractivity contribution in [1.29, 1.82) is 0 Å². The van der Waals surface area contributed by atoms with Crippen LogP contribution in [0.15, 0.2) is 36.4 Å². The van der Waals surface area contributed by atoms with E-state index in [-0.39, 0.29) is 5.91 Å². The molecule has 0 unspecified atom stereocenters. The first-order valence-corrected chi connectivity index (χ1v) is 8.25. The van der Waals surface area contributed by atoms with E-state index in [0.29, 0.717) is 5.56 Å². The van der Waals surface area contributed by atoms with Gasteiger partial charge in [0.1, 0.15) is 5.75 Å². The van der Waals surface area contributed by atoms with Crippen molar-refractivity contribution in [2.45, 2.75) is 27.2 Å². The maximum Gasteiger partial charge on any atom is 0.255 e. The fourth-order valence-corrected chi connectivity index (χ4v) is 2.71. The van der Waals surface area contributed by atoms with Crippen LogP contribution >= 0.6 is 0 Å². The van der Waals surface area contributed by atoms with E-state index < -0.39 is 0 Å². The van der Waals surface area contributed by atoms with Crippen molar-refractivity contribution < 1.29 is 9.53 Å². The molecule has 128 valence electrons. The van der Waals surface area contributed by atoms with Gasteiger partial charge in [-0.2, -0.15) is 0 Å². The van der Waals surface area contributed by atoms with Crippen molar-refractivity contribution in [1.82, 2.24) is 9.97 Å². The highest BCUT2D eigenvalue weighted by Crippen LogP contribution is 2.23. The topological polar surface area (TPSA) is 64.1 Å². The number of aromatic nitrogens is 2. The summed E-state index contributed by atoms with van der Waals surface area (Å²) in [6, 6.07) is 11.0. The summed E-state index contributed by atoms with van der Waals surface area (Å²) in [5.41, 5.74) is 5.63. The maximum absolute atomic E-state index is 12.6. The summed E-state index contributed by atoms with van der Waals surface area (Å²) in [5, 5.41) is 2.93. The third-order valence-corrected chi connectivity index (χ3v) is 4.26. The van der Waals surface area contributed by atoms with Crippen LogP contribution in [0, 0.1) is 13.8 Å². The summed E-state index contributed by atoms with van der Waals surface area (Å²) in [6.45, 7) is 5.89. The average molecular weight is 335 g/mol. The molecule has 5 nitrogen and oxygen atoms in total. The number of ether oxygens (including phenoxy) is 1. The number of nitrogens with one attached hydrogen (secondary N) is 1. The summed E-state index contributed by atoms with van der Waals surface area (Å²) < 4.78 is 5.32. The second-order valence-electron chi connectivity index (χ2n) is 5.93. The molecule has 0 saturated heterocycles. The van der Waals surface area contributed by atoms with E-state index in [9.17, 15) is 4.79 Å². The Morgan fingerprint density at radius 1 is 1.04 bits per heavy atom. The van der Waals surface area contributed by atoms with Gasteiger partial charge >= 0.3 is 0 Å². The fourth-order valence-electron chi connectivity index (χ4n) is 2.71. The minimum Gasteiger partial charge on any atom is -0.496 e.